The summed E-state index contributed by atoms with van der Waals surface area (Å²) >= 11 is 1.82. The molecule has 2 rings (SSSR count). The van der Waals surface area contributed by atoms with Crippen molar-refractivity contribution in [1.82, 2.24) is 10.6 Å². The lowest BCUT2D eigenvalue weighted by Gasteiger charge is -2.36. The van der Waals surface area contributed by atoms with Crippen LogP contribution in [-0.2, 0) is 4.79 Å². The van der Waals surface area contributed by atoms with Gasteiger partial charge in [0.05, 0.1) is 12.6 Å². The van der Waals surface area contributed by atoms with E-state index in [-0.39, 0.29) is 24.0 Å². The highest BCUT2D eigenvalue weighted by Gasteiger charge is 2.32. The van der Waals surface area contributed by atoms with Gasteiger partial charge in [0.25, 0.3) is 0 Å². The Balaban J connectivity index is 1.79. The number of carbonyl (C=O) groups excluding carboxylic acids is 1. The van der Waals surface area contributed by atoms with E-state index in [2.05, 4.69) is 10.6 Å². The standard InChI is InChI=1S/C13H24N2O2S/c16-10-13(4-2-1-3-5-13)9-15-12(17)11-8-18-7-6-14-11/h11,14,16H,1-10H2,(H,15,17). The van der Waals surface area contributed by atoms with Crippen molar-refractivity contribution in [2.75, 3.05) is 31.2 Å². The molecule has 1 aliphatic heterocycles. The molecule has 0 spiro atoms. The fraction of sp³-hybridized carbons (Fsp3) is 0.923. The first kappa shape index (κ1) is 14.2. The van der Waals surface area contributed by atoms with Gasteiger partial charge in [-0.15, -0.1) is 0 Å². The third-order valence-electron chi connectivity index (χ3n) is 4.13. The summed E-state index contributed by atoms with van der Waals surface area (Å²) in [4.78, 5) is 12.0. The number of aliphatic hydroxyl groups excluding tert-OH is 1. The quantitative estimate of drug-likeness (QED) is 0.707. The minimum absolute atomic E-state index is 0.0527. The average Bonchev–Trinajstić information content (AvgIpc) is 2.47. The van der Waals surface area contributed by atoms with E-state index in [1.807, 2.05) is 11.8 Å². The Labute approximate surface area is 113 Å². The maximum Gasteiger partial charge on any atom is 0.238 e. The van der Waals surface area contributed by atoms with E-state index < -0.39 is 0 Å². The average molecular weight is 272 g/mol. The molecule has 0 aromatic rings. The van der Waals surface area contributed by atoms with Gasteiger partial charge < -0.3 is 15.7 Å². The van der Waals surface area contributed by atoms with Gasteiger partial charge in [0.15, 0.2) is 0 Å². The van der Waals surface area contributed by atoms with Gasteiger partial charge in [-0.05, 0) is 12.8 Å². The van der Waals surface area contributed by atoms with Crippen LogP contribution in [0, 0.1) is 5.41 Å². The zero-order valence-corrected chi connectivity index (χ0v) is 11.7. The molecule has 0 aromatic carbocycles. The molecule has 0 radical (unpaired) electrons. The topological polar surface area (TPSA) is 61.4 Å². The number of carbonyl (C=O) groups is 1. The lowest BCUT2D eigenvalue weighted by Crippen LogP contribution is -2.51. The van der Waals surface area contributed by atoms with Crippen LogP contribution in [0.5, 0.6) is 0 Å². The first-order chi connectivity index (χ1) is 8.76. The number of aliphatic hydroxyl groups is 1. The molecule has 104 valence electrons. The van der Waals surface area contributed by atoms with Gasteiger partial charge >= 0.3 is 0 Å². The van der Waals surface area contributed by atoms with Crippen molar-refractivity contribution in [3.63, 3.8) is 0 Å². The van der Waals surface area contributed by atoms with E-state index >= 15 is 0 Å². The van der Waals surface area contributed by atoms with Crippen LogP contribution >= 0.6 is 11.8 Å². The minimum atomic E-state index is -0.0598. The molecule has 1 atom stereocenters. The second-order valence-electron chi connectivity index (χ2n) is 5.52. The maximum atomic E-state index is 12.0. The zero-order chi connectivity index (χ0) is 12.8. The van der Waals surface area contributed by atoms with Crippen molar-refractivity contribution in [3.8, 4) is 0 Å². The number of nitrogens with one attached hydrogen (secondary N) is 2. The summed E-state index contributed by atoms with van der Waals surface area (Å²) in [5.41, 5.74) is -0.0598. The van der Waals surface area contributed by atoms with Crippen LogP contribution in [0.25, 0.3) is 0 Å². The van der Waals surface area contributed by atoms with E-state index in [1.54, 1.807) is 0 Å². The second kappa shape index (κ2) is 6.78. The highest BCUT2D eigenvalue weighted by atomic mass is 32.2. The summed E-state index contributed by atoms with van der Waals surface area (Å²) in [5, 5.41) is 15.9. The molecule has 1 saturated heterocycles. The van der Waals surface area contributed by atoms with Crippen molar-refractivity contribution >= 4 is 17.7 Å². The lowest BCUT2D eigenvalue weighted by molar-refractivity contribution is -0.123. The summed E-state index contributed by atoms with van der Waals surface area (Å²) in [6, 6.07) is -0.0527. The Morgan fingerprint density at radius 1 is 1.39 bits per heavy atom. The molecule has 4 nitrogen and oxygen atoms in total. The van der Waals surface area contributed by atoms with Crippen LogP contribution in [0.4, 0.5) is 0 Å². The molecular weight excluding hydrogens is 248 g/mol. The van der Waals surface area contributed by atoms with E-state index in [4.69, 9.17) is 0 Å². The summed E-state index contributed by atoms with van der Waals surface area (Å²) in [7, 11) is 0. The van der Waals surface area contributed by atoms with Crippen LogP contribution in [0.2, 0.25) is 0 Å². The van der Waals surface area contributed by atoms with Gasteiger partial charge in [-0.1, -0.05) is 19.3 Å². The molecule has 1 aliphatic carbocycles. The van der Waals surface area contributed by atoms with Crippen LogP contribution in [0.15, 0.2) is 0 Å². The van der Waals surface area contributed by atoms with Crippen molar-refractivity contribution in [2.45, 2.75) is 38.1 Å². The second-order valence-corrected chi connectivity index (χ2v) is 6.67. The van der Waals surface area contributed by atoms with Crippen LogP contribution < -0.4 is 10.6 Å². The molecule has 18 heavy (non-hydrogen) atoms. The third-order valence-corrected chi connectivity index (χ3v) is 5.19. The van der Waals surface area contributed by atoms with Crippen LogP contribution in [0.3, 0.4) is 0 Å². The molecular formula is C13H24N2O2S. The van der Waals surface area contributed by atoms with Crippen molar-refractivity contribution in [2.24, 2.45) is 5.41 Å². The molecule has 0 bridgehead atoms. The third kappa shape index (κ3) is 3.62. The van der Waals surface area contributed by atoms with Crippen molar-refractivity contribution in [1.29, 1.82) is 0 Å². The molecule has 0 aromatic heterocycles. The first-order valence-corrected chi connectivity index (χ1v) is 8.11. The molecule has 5 heteroatoms. The molecule has 1 amide bonds. The summed E-state index contributed by atoms with van der Waals surface area (Å²) in [6.45, 7) is 1.74. The Kier molecular flexibility index (Phi) is 5.33. The fourth-order valence-electron chi connectivity index (χ4n) is 2.82. The zero-order valence-electron chi connectivity index (χ0n) is 10.9. The number of thioether (sulfide) groups is 1. The predicted octanol–water partition coefficient (Wildman–Crippen LogP) is 0.750. The molecule has 2 aliphatic rings. The van der Waals surface area contributed by atoms with Crippen LogP contribution in [-0.4, -0.2) is 48.3 Å². The molecule has 1 unspecified atom stereocenters. The van der Waals surface area contributed by atoms with Crippen LogP contribution in [0.1, 0.15) is 32.1 Å². The normalized spacial score (nSPS) is 27.7. The van der Waals surface area contributed by atoms with E-state index in [0.717, 1.165) is 30.9 Å². The molecule has 1 heterocycles. The first-order valence-electron chi connectivity index (χ1n) is 6.95. The van der Waals surface area contributed by atoms with Gasteiger partial charge in [0.2, 0.25) is 5.91 Å². The Hall–Kier alpha value is -0.260. The van der Waals surface area contributed by atoms with E-state index in [9.17, 15) is 9.90 Å². The Bertz CT molecular complexity index is 274. The minimum Gasteiger partial charge on any atom is -0.396 e. The van der Waals surface area contributed by atoms with Crippen molar-refractivity contribution < 1.29 is 9.90 Å². The highest BCUT2D eigenvalue weighted by molar-refractivity contribution is 7.99. The Morgan fingerprint density at radius 3 is 2.78 bits per heavy atom. The SMILES string of the molecule is O=C(NCC1(CO)CCCCC1)C1CSCCN1. The number of amides is 1. The van der Waals surface area contributed by atoms with Gasteiger partial charge in [-0.2, -0.15) is 11.8 Å². The molecule has 2 fully saturated rings. The van der Waals surface area contributed by atoms with E-state index in [1.165, 1.54) is 19.3 Å². The summed E-state index contributed by atoms with van der Waals surface area (Å²) < 4.78 is 0. The lowest BCUT2D eigenvalue weighted by atomic mass is 9.74. The summed E-state index contributed by atoms with van der Waals surface area (Å²) in [5.74, 6) is 2.04. The van der Waals surface area contributed by atoms with E-state index in [0.29, 0.717) is 6.54 Å². The summed E-state index contributed by atoms with van der Waals surface area (Å²) in [6.07, 6.45) is 5.69. The largest absolute Gasteiger partial charge is 0.396 e. The fourth-order valence-corrected chi connectivity index (χ4v) is 3.76. The number of hydrogen-bond donors (Lipinski definition) is 3. The molecule has 1 saturated carbocycles. The predicted molar refractivity (Wildman–Crippen MR) is 74.7 cm³/mol. The smallest absolute Gasteiger partial charge is 0.238 e. The Morgan fingerprint density at radius 2 is 2.17 bits per heavy atom. The van der Waals surface area contributed by atoms with Gasteiger partial charge in [-0.25, -0.2) is 0 Å². The molecule has 3 N–H and O–H groups in total. The van der Waals surface area contributed by atoms with Gasteiger partial charge in [-0.3, -0.25) is 4.79 Å². The van der Waals surface area contributed by atoms with Gasteiger partial charge in [0, 0.05) is 30.0 Å². The number of rotatable bonds is 4. The van der Waals surface area contributed by atoms with Crippen molar-refractivity contribution in [3.05, 3.63) is 0 Å². The maximum absolute atomic E-state index is 12.0. The highest BCUT2D eigenvalue weighted by Crippen LogP contribution is 2.35. The van der Waals surface area contributed by atoms with Gasteiger partial charge in [0.1, 0.15) is 0 Å². The monoisotopic (exact) mass is 272 g/mol. The number of hydrogen-bond acceptors (Lipinski definition) is 4.